The van der Waals surface area contributed by atoms with Crippen molar-refractivity contribution in [3.8, 4) is 0 Å². The molecule has 0 heterocycles. The van der Waals surface area contributed by atoms with E-state index in [1.807, 2.05) is 0 Å². The van der Waals surface area contributed by atoms with Crippen LogP contribution in [0.4, 0.5) is 0 Å². The highest BCUT2D eigenvalue weighted by atomic mass is 14.7. The third kappa shape index (κ3) is 4.35. The molecule has 0 N–H and O–H groups in total. The molecule has 10 atom stereocenters. The fraction of sp³-hybridized carbons (Fsp3) is 0.765. The number of allylic oxidation sites excluding steroid dienone is 8. The van der Waals surface area contributed by atoms with E-state index in [0.717, 1.165) is 47.3 Å². The Balaban J connectivity index is 1.76. The van der Waals surface area contributed by atoms with E-state index in [1.54, 1.807) is 0 Å². The fourth-order valence-electron chi connectivity index (χ4n) is 10.2. The highest BCUT2D eigenvalue weighted by molar-refractivity contribution is 5.23. The van der Waals surface area contributed by atoms with Gasteiger partial charge in [0.2, 0.25) is 0 Å². The lowest BCUT2D eigenvalue weighted by atomic mass is 9.52. The van der Waals surface area contributed by atoms with Crippen LogP contribution in [0.25, 0.3) is 0 Å². The van der Waals surface area contributed by atoms with E-state index in [9.17, 15) is 0 Å². The maximum Gasteiger partial charge on any atom is -0.0189 e. The first-order valence-electron chi connectivity index (χ1n) is 14.5. The Hall–Kier alpha value is -1.04. The molecule has 4 fully saturated rings. The van der Waals surface area contributed by atoms with Crippen molar-refractivity contribution in [3.63, 3.8) is 0 Å². The van der Waals surface area contributed by atoms with Crippen LogP contribution in [0.1, 0.15) is 108 Å². The summed E-state index contributed by atoms with van der Waals surface area (Å²) in [6, 6.07) is 0. The van der Waals surface area contributed by atoms with Crippen LogP contribution in [0, 0.1) is 58.2 Å². The van der Waals surface area contributed by atoms with Crippen molar-refractivity contribution in [3.05, 3.63) is 46.6 Å². The molecule has 0 aromatic rings. The quantitative estimate of drug-likeness (QED) is 0.356. The molecule has 0 saturated heterocycles. The van der Waals surface area contributed by atoms with Crippen LogP contribution in [0.3, 0.4) is 0 Å². The van der Waals surface area contributed by atoms with E-state index in [2.05, 4.69) is 93.5 Å². The maximum absolute atomic E-state index is 2.77. The van der Waals surface area contributed by atoms with Gasteiger partial charge in [0.15, 0.2) is 0 Å². The molecular formula is C34H54. The van der Waals surface area contributed by atoms with E-state index in [-0.39, 0.29) is 0 Å². The summed E-state index contributed by atoms with van der Waals surface area (Å²) in [6.07, 6.45) is 19.2. The molecule has 0 spiro atoms. The lowest BCUT2D eigenvalue weighted by Gasteiger charge is -2.52. The molecule has 4 aliphatic carbocycles. The highest BCUT2D eigenvalue weighted by Crippen LogP contribution is 2.74. The second-order valence-corrected chi connectivity index (χ2v) is 14.4. The summed E-state index contributed by atoms with van der Waals surface area (Å²) in [6.45, 7) is 24.1. The molecular weight excluding hydrogens is 408 g/mol. The van der Waals surface area contributed by atoms with Gasteiger partial charge < -0.3 is 0 Å². The lowest BCUT2D eigenvalue weighted by Crippen LogP contribution is -2.47. The molecule has 0 radical (unpaired) electrons. The van der Waals surface area contributed by atoms with Crippen molar-refractivity contribution in [2.45, 2.75) is 108 Å². The standard InChI is InChI=1S/C34H54/c1-21(2)15-25-19-27(17-23(5)6)31-29(25)11-13-33(31,9)34(10)14-12-30-26(16-22(3)4)20-28(32(30)34)18-24(7)8/h15-18,25-32H,11-14,19-20H2,1-10H3/t25?,26?,27?,28?,29?,30?,31?,32?,33-,34?/m1/s1. The monoisotopic (exact) mass is 462 g/mol. The van der Waals surface area contributed by atoms with Gasteiger partial charge in [-0.05, 0) is 152 Å². The molecule has 0 amide bonds. The van der Waals surface area contributed by atoms with Gasteiger partial charge in [0.1, 0.15) is 0 Å². The van der Waals surface area contributed by atoms with Crippen molar-refractivity contribution in [2.75, 3.05) is 0 Å². The molecule has 0 aromatic heterocycles. The van der Waals surface area contributed by atoms with Crippen LogP contribution in [0.2, 0.25) is 0 Å². The minimum atomic E-state index is 0.450. The summed E-state index contributed by atoms with van der Waals surface area (Å²) in [4.78, 5) is 0. The summed E-state index contributed by atoms with van der Waals surface area (Å²) < 4.78 is 0. The Labute approximate surface area is 212 Å². The normalized spacial score (nSPS) is 44.9. The first-order valence-corrected chi connectivity index (χ1v) is 14.5. The third-order valence-electron chi connectivity index (χ3n) is 11.0. The van der Waals surface area contributed by atoms with E-state index in [0.29, 0.717) is 10.8 Å². The molecule has 4 aliphatic rings. The van der Waals surface area contributed by atoms with Crippen molar-refractivity contribution in [1.29, 1.82) is 0 Å². The maximum atomic E-state index is 2.77. The lowest BCUT2D eigenvalue weighted by molar-refractivity contribution is -0.0349. The van der Waals surface area contributed by atoms with Crippen molar-refractivity contribution >= 4 is 0 Å². The van der Waals surface area contributed by atoms with Crippen LogP contribution in [-0.2, 0) is 0 Å². The molecule has 190 valence electrons. The van der Waals surface area contributed by atoms with E-state index in [4.69, 9.17) is 0 Å². The number of rotatable bonds is 5. The Kier molecular flexibility index (Phi) is 7.23. The molecule has 4 rings (SSSR count). The largest absolute Gasteiger partial charge is 0.0825 e. The van der Waals surface area contributed by atoms with Gasteiger partial charge in [0.05, 0.1) is 0 Å². The third-order valence-corrected chi connectivity index (χ3v) is 11.0. The number of hydrogen-bond donors (Lipinski definition) is 0. The molecule has 0 bridgehead atoms. The second-order valence-electron chi connectivity index (χ2n) is 14.4. The van der Waals surface area contributed by atoms with Gasteiger partial charge in [-0.3, -0.25) is 0 Å². The van der Waals surface area contributed by atoms with Gasteiger partial charge in [-0.2, -0.15) is 0 Å². The van der Waals surface area contributed by atoms with Gasteiger partial charge in [0.25, 0.3) is 0 Å². The minimum Gasteiger partial charge on any atom is -0.0825 e. The molecule has 0 aliphatic heterocycles. The average Bonchev–Trinajstić information content (AvgIpc) is 3.40. The zero-order valence-corrected chi connectivity index (χ0v) is 24.2. The average molecular weight is 463 g/mol. The zero-order valence-electron chi connectivity index (χ0n) is 24.2. The predicted molar refractivity (Wildman–Crippen MR) is 150 cm³/mol. The zero-order chi connectivity index (χ0) is 25.0. The number of fused-ring (bicyclic) bond motifs is 2. The first kappa shape index (κ1) is 26.0. The summed E-state index contributed by atoms with van der Waals surface area (Å²) in [5.41, 5.74) is 6.99. The van der Waals surface area contributed by atoms with Crippen molar-refractivity contribution < 1.29 is 0 Å². The van der Waals surface area contributed by atoms with Crippen LogP contribution in [0.5, 0.6) is 0 Å². The first-order chi connectivity index (χ1) is 15.9. The van der Waals surface area contributed by atoms with E-state index >= 15 is 0 Å². The van der Waals surface area contributed by atoms with Gasteiger partial charge in [-0.1, -0.05) is 60.4 Å². The fourth-order valence-corrected chi connectivity index (χ4v) is 10.2. The summed E-state index contributed by atoms with van der Waals surface area (Å²) in [5, 5.41) is 0. The van der Waals surface area contributed by atoms with Gasteiger partial charge in [-0.15, -0.1) is 0 Å². The SMILES string of the molecule is CC(C)=CC1CC(C=C(C)C)C2C1CCC2(C)[C@]1(C)CCC2C(C=C(C)C)CC(C=C(C)C)C21. The van der Waals surface area contributed by atoms with Gasteiger partial charge in [0, 0.05) is 0 Å². The topological polar surface area (TPSA) is 0 Å². The van der Waals surface area contributed by atoms with E-state index in [1.165, 1.54) is 60.8 Å². The van der Waals surface area contributed by atoms with Crippen molar-refractivity contribution in [2.24, 2.45) is 58.2 Å². The Bertz CT molecular complexity index is 805. The van der Waals surface area contributed by atoms with Crippen LogP contribution >= 0.6 is 0 Å². The molecule has 0 aromatic carbocycles. The summed E-state index contributed by atoms with van der Waals surface area (Å²) in [7, 11) is 0. The van der Waals surface area contributed by atoms with Gasteiger partial charge in [-0.25, -0.2) is 0 Å². The Morgan fingerprint density at radius 2 is 0.794 bits per heavy atom. The van der Waals surface area contributed by atoms with Crippen LogP contribution in [-0.4, -0.2) is 0 Å². The molecule has 9 unspecified atom stereocenters. The predicted octanol–water partition coefficient (Wildman–Crippen LogP) is 10.2. The molecule has 4 saturated carbocycles. The van der Waals surface area contributed by atoms with Crippen molar-refractivity contribution in [1.82, 2.24) is 0 Å². The molecule has 0 nitrogen and oxygen atoms in total. The summed E-state index contributed by atoms with van der Waals surface area (Å²) in [5.74, 6) is 6.55. The van der Waals surface area contributed by atoms with Gasteiger partial charge >= 0.3 is 0 Å². The molecule has 0 heteroatoms. The Morgan fingerprint density at radius 1 is 0.500 bits per heavy atom. The van der Waals surface area contributed by atoms with Crippen LogP contribution < -0.4 is 0 Å². The minimum absolute atomic E-state index is 0.450. The smallest absolute Gasteiger partial charge is 0.0189 e. The van der Waals surface area contributed by atoms with Crippen LogP contribution in [0.15, 0.2) is 46.6 Å². The summed E-state index contributed by atoms with van der Waals surface area (Å²) >= 11 is 0. The van der Waals surface area contributed by atoms with E-state index < -0.39 is 0 Å². The Morgan fingerprint density at radius 3 is 1.09 bits per heavy atom. The second kappa shape index (κ2) is 9.44. The highest BCUT2D eigenvalue weighted by Gasteiger charge is 2.67. The number of hydrogen-bond acceptors (Lipinski definition) is 0. The molecule has 34 heavy (non-hydrogen) atoms.